The number of hydrazine groups is 1. The van der Waals surface area contributed by atoms with E-state index in [2.05, 4.69) is 10.4 Å². The number of benzene rings is 1. The highest BCUT2D eigenvalue weighted by Crippen LogP contribution is 2.26. The summed E-state index contributed by atoms with van der Waals surface area (Å²) in [4.78, 5) is 15.1. The average Bonchev–Trinajstić information content (AvgIpc) is 2.85. The van der Waals surface area contributed by atoms with Gasteiger partial charge in [0.05, 0.1) is 15.9 Å². The van der Waals surface area contributed by atoms with Crippen LogP contribution in [0.1, 0.15) is 10.4 Å². The van der Waals surface area contributed by atoms with E-state index in [9.17, 15) is 10.1 Å². The standard InChI is InChI=1S/C11H12N4O3S/c1-7-2-3-8(15(16)17)4-10(7)18-6-9-5-13-11(14-12)19-9/h2-5H,6,12H2,1H3,(H,13,14). The van der Waals surface area contributed by atoms with Gasteiger partial charge in [0.25, 0.3) is 5.69 Å². The van der Waals surface area contributed by atoms with E-state index in [0.717, 1.165) is 10.4 Å². The number of nitro groups is 1. The molecule has 0 fully saturated rings. The van der Waals surface area contributed by atoms with Crippen LogP contribution in [0.25, 0.3) is 0 Å². The monoisotopic (exact) mass is 280 g/mol. The summed E-state index contributed by atoms with van der Waals surface area (Å²) < 4.78 is 5.57. The van der Waals surface area contributed by atoms with Crippen LogP contribution in [0.2, 0.25) is 0 Å². The fraction of sp³-hybridized carbons (Fsp3) is 0.182. The number of hydrogen-bond donors (Lipinski definition) is 2. The van der Waals surface area contributed by atoms with E-state index in [4.69, 9.17) is 10.6 Å². The highest BCUT2D eigenvalue weighted by Gasteiger charge is 2.10. The van der Waals surface area contributed by atoms with Crippen molar-refractivity contribution >= 4 is 22.2 Å². The molecular formula is C11H12N4O3S. The zero-order valence-corrected chi connectivity index (χ0v) is 10.9. The lowest BCUT2D eigenvalue weighted by molar-refractivity contribution is -0.385. The van der Waals surface area contributed by atoms with Crippen molar-refractivity contribution in [2.75, 3.05) is 5.43 Å². The van der Waals surface area contributed by atoms with Crippen molar-refractivity contribution in [2.45, 2.75) is 13.5 Å². The number of non-ortho nitro benzene ring substituents is 1. The molecule has 1 aromatic heterocycles. The molecule has 1 heterocycles. The summed E-state index contributed by atoms with van der Waals surface area (Å²) in [6.45, 7) is 2.12. The summed E-state index contributed by atoms with van der Waals surface area (Å²) >= 11 is 1.36. The van der Waals surface area contributed by atoms with Gasteiger partial charge in [0.15, 0.2) is 5.13 Å². The van der Waals surface area contributed by atoms with Crippen LogP contribution >= 0.6 is 11.3 Å². The molecule has 0 spiro atoms. The van der Waals surface area contributed by atoms with Gasteiger partial charge in [-0.25, -0.2) is 10.8 Å². The van der Waals surface area contributed by atoms with Gasteiger partial charge in [-0.3, -0.25) is 15.5 Å². The number of rotatable bonds is 5. The molecule has 0 aliphatic heterocycles. The fourth-order valence-corrected chi connectivity index (χ4v) is 2.08. The minimum Gasteiger partial charge on any atom is -0.487 e. The number of nitrogens with zero attached hydrogens (tertiary/aromatic N) is 2. The quantitative estimate of drug-likeness (QED) is 0.494. The first-order chi connectivity index (χ1) is 9.10. The Morgan fingerprint density at radius 2 is 2.37 bits per heavy atom. The molecule has 7 nitrogen and oxygen atoms in total. The van der Waals surface area contributed by atoms with E-state index < -0.39 is 4.92 Å². The molecule has 0 bridgehead atoms. The number of aromatic nitrogens is 1. The highest BCUT2D eigenvalue weighted by molar-refractivity contribution is 7.15. The number of nitro benzene ring substituents is 1. The van der Waals surface area contributed by atoms with Crippen molar-refractivity contribution in [3.05, 3.63) is 45.0 Å². The third-order valence-corrected chi connectivity index (χ3v) is 3.33. The van der Waals surface area contributed by atoms with Gasteiger partial charge >= 0.3 is 0 Å². The second kappa shape index (κ2) is 5.63. The zero-order valence-electron chi connectivity index (χ0n) is 10.1. The molecule has 19 heavy (non-hydrogen) atoms. The van der Waals surface area contributed by atoms with Crippen LogP contribution in [0.5, 0.6) is 5.75 Å². The normalized spacial score (nSPS) is 10.2. The van der Waals surface area contributed by atoms with Crippen LogP contribution in [0.3, 0.4) is 0 Å². The predicted octanol–water partition coefficient (Wildman–Crippen LogP) is 2.22. The maximum atomic E-state index is 10.7. The van der Waals surface area contributed by atoms with Crippen LogP contribution in [-0.4, -0.2) is 9.91 Å². The van der Waals surface area contributed by atoms with Gasteiger partial charge in [-0.15, -0.1) is 0 Å². The van der Waals surface area contributed by atoms with Crippen LogP contribution in [0.15, 0.2) is 24.4 Å². The predicted molar refractivity (Wildman–Crippen MR) is 72.1 cm³/mol. The smallest absolute Gasteiger partial charge is 0.273 e. The number of nitrogen functional groups attached to an aromatic ring is 1. The minimum atomic E-state index is -0.449. The summed E-state index contributed by atoms with van der Waals surface area (Å²) in [5.74, 6) is 5.72. The lowest BCUT2D eigenvalue weighted by Gasteiger charge is -2.07. The van der Waals surface area contributed by atoms with Crippen LogP contribution in [0.4, 0.5) is 10.8 Å². The van der Waals surface area contributed by atoms with Gasteiger partial charge in [-0.1, -0.05) is 11.3 Å². The molecule has 0 saturated heterocycles. The first-order valence-electron chi connectivity index (χ1n) is 5.39. The van der Waals surface area contributed by atoms with E-state index in [1.165, 1.54) is 23.5 Å². The Bertz CT molecular complexity index is 599. The topological polar surface area (TPSA) is 103 Å². The Morgan fingerprint density at radius 1 is 1.58 bits per heavy atom. The number of ether oxygens (including phenoxy) is 1. The first kappa shape index (κ1) is 13.2. The Balaban J connectivity index is 2.10. The second-order valence-corrected chi connectivity index (χ2v) is 4.89. The molecule has 2 rings (SSSR count). The molecule has 8 heteroatoms. The summed E-state index contributed by atoms with van der Waals surface area (Å²) in [7, 11) is 0. The Kier molecular flexibility index (Phi) is 3.93. The van der Waals surface area contributed by atoms with E-state index >= 15 is 0 Å². The Hall–Kier alpha value is -2.19. The maximum absolute atomic E-state index is 10.7. The lowest BCUT2D eigenvalue weighted by atomic mass is 10.2. The van der Waals surface area contributed by atoms with Crippen LogP contribution in [-0.2, 0) is 6.61 Å². The molecule has 0 radical (unpaired) electrons. The lowest BCUT2D eigenvalue weighted by Crippen LogP contribution is -2.05. The molecule has 0 amide bonds. The summed E-state index contributed by atoms with van der Waals surface area (Å²) in [6.07, 6.45) is 1.65. The number of nitrogens with two attached hydrogens (primary N) is 1. The van der Waals surface area contributed by atoms with Gasteiger partial charge in [0.1, 0.15) is 12.4 Å². The third kappa shape index (κ3) is 3.18. The van der Waals surface area contributed by atoms with E-state index in [-0.39, 0.29) is 5.69 Å². The SMILES string of the molecule is Cc1ccc([N+](=O)[O-])cc1OCc1cnc(NN)s1. The van der Waals surface area contributed by atoms with Crippen molar-refractivity contribution in [3.63, 3.8) is 0 Å². The number of hydrogen-bond acceptors (Lipinski definition) is 7. The molecule has 0 atom stereocenters. The van der Waals surface area contributed by atoms with Gasteiger partial charge in [-0.2, -0.15) is 0 Å². The number of nitrogens with one attached hydrogen (secondary N) is 1. The number of anilines is 1. The molecule has 100 valence electrons. The van der Waals surface area contributed by atoms with Crippen LogP contribution in [0, 0.1) is 17.0 Å². The summed E-state index contributed by atoms with van der Waals surface area (Å²) in [5, 5.41) is 11.3. The Labute approximate surface area is 113 Å². The van der Waals surface area contributed by atoms with Gasteiger partial charge in [-0.05, 0) is 18.6 Å². The van der Waals surface area contributed by atoms with Crippen molar-refractivity contribution < 1.29 is 9.66 Å². The van der Waals surface area contributed by atoms with E-state index in [1.54, 1.807) is 12.3 Å². The minimum absolute atomic E-state index is 0.00854. The van der Waals surface area contributed by atoms with Crippen molar-refractivity contribution in [3.8, 4) is 5.75 Å². The molecular weight excluding hydrogens is 268 g/mol. The summed E-state index contributed by atoms with van der Waals surface area (Å²) in [6, 6.07) is 4.52. The Morgan fingerprint density at radius 3 is 3.00 bits per heavy atom. The molecule has 0 aliphatic rings. The molecule has 3 N–H and O–H groups in total. The van der Waals surface area contributed by atoms with E-state index in [1.807, 2.05) is 6.92 Å². The first-order valence-corrected chi connectivity index (χ1v) is 6.21. The molecule has 0 unspecified atom stereocenters. The second-order valence-electron chi connectivity index (χ2n) is 3.77. The highest BCUT2D eigenvalue weighted by atomic mass is 32.1. The molecule has 2 aromatic rings. The van der Waals surface area contributed by atoms with Crippen molar-refractivity contribution in [1.29, 1.82) is 0 Å². The average molecular weight is 280 g/mol. The maximum Gasteiger partial charge on any atom is 0.273 e. The molecule has 1 aromatic carbocycles. The van der Waals surface area contributed by atoms with Gasteiger partial charge < -0.3 is 4.74 Å². The van der Waals surface area contributed by atoms with Gasteiger partial charge in [0.2, 0.25) is 0 Å². The van der Waals surface area contributed by atoms with Crippen LogP contribution < -0.4 is 16.0 Å². The molecule has 0 saturated carbocycles. The number of aryl methyl sites for hydroxylation is 1. The van der Waals surface area contributed by atoms with Crippen molar-refractivity contribution in [2.24, 2.45) is 5.84 Å². The number of thiazole rings is 1. The fourth-order valence-electron chi connectivity index (χ4n) is 1.45. The van der Waals surface area contributed by atoms with E-state index in [0.29, 0.717) is 17.5 Å². The van der Waals surface area contributed by atoms with Crippen molar-refractivity contribution in [1.82, 2.24) is 4.98 Å². The third-order valence-electron chi connectivity index (χ3n) is 2.43. The summed E-state index contributed by atoms with van der Waals surface area (Å²) in [5.41, 5.74) is 3.29. The largest absolute Gasteiger partial charge is 0.487 e. The van der Waals surface area contributed by atoms with Gasteiger partial charge in [0, 0.05) is 12.3 Å². The zero-order chi connectivity index (χ0) is 13.8. The molecule has 0 aliphatic carbocycles.